The van der Waals surface area contributed by atoms with Gasteiger partial charge in [-0.3, -0.25) is 14.2 Å². The molecule has 1 aliphatic rings. The van der Waals surface area contributed by atoms with Crippen LogP contribution in [0.2, 0.25) is 0 Å². The normalized spacial score (nSPS) is 14.3. The fourth-order valence-electron chi connectivity index (χ4n) is 3.30. The Balaban J connectivity index is 1.64. The van der Waals surface area contributed by atoms with Crippen LogP contribution >= 0.6 is 23.5 Å². The van der Waals surface area contributed by atoms with E-state index in [0.29, 0.717) is 21.1 Å². The second kappa shape index (κ2) is 8.84. The molecule has 0 saturated carbocycles. The Labute approximate surface area is 187 Å². The van der Waals surface area contributed by atoms with Gasteiger partial charge in [-0.05, 0) is 24.3 Å². The highest BCUT2D eigenvalue weighted by atomic mass is 32.2. The van der Waals surface area contributed by atoms with Crippen LogP contribution in [0.15, 0.2) is 86.6 Å². The number of allylic oxidation sites excluding steroid dienone is 2. The van der Waals surface area contributed by atoms with Crippen LogP contribution in [-0.2, 0) is 11.3 Å². The number of anilines is 1. The molecule has 0 saturated heterocycles. The van der Waals surface area contributed by atoms with Gasteiger partial charge in [-0.15, -0.1) is 6.58 Å². The Hall–Kier alpha value is -3.28. The predicted octanol–water partition coefficient (Wildman–Crippen LogP) is 4.22. The van der Waals surface area contributed by atoms with Crippen LogP contribution in [-0.4, -0.2) is 28.1 Å². The molecule has 6 nitrogen and oxygen atoms in total. The molecule has 8 heteroatoms. The highest BCUT2D eigenvalue weighted by Gasteiger charge is 2.28. The SMILES string of the molecule is C=CCn1c(SCC(=O)C(C#N)=C2Sc3ccccc3N2C)nc2ccccc2c1=O. The number of rotatable bonds is 6. The van der Waals surface area contributed by atoms with Gasteiger partial charge >= 0.3 is 0 Å². The van der Waals surface area contributed by atoms with E-state index in [0.717, 1.165) is 22.3 Å². The molecule has 0 spiro atoms. The monoisotopic (exact) mass is 446 g/mol. The molecule has 0 unspecified atom stereocenters. The summed E-state index contributed by atoms with van der Waals surface area (Å²) in [5, 5.41) is 11.3. The molecule has 0 atom stereocenters. The number of fused-ring (bicyclic) bond motifs is 2. The van der Waals surface area contributed by atoms with Crippen molar-refractivity contribution in [3.8, 4) is 6.07 Å². The quantitative estimate of drug-likeness (QED) is 0.184. The Morgan fingerprint density at radius 3 is 2.74 bits per heavy atom. The molecule has 31 heavy (non-hydrogen) atoms. The summed E-state index contributed by atoms with van der Waals surface area (Å²) in [6.45, 7) is 4.00. The summed E-state index contributed by atoms with van der Waals surface area (Å²) < 4.78 is 1.50. The summed E-state index contributed by atoms with van der Waals surface area (Å²) >= 11 is 2.56. The number of hydrogen-bond donors (Lipinski definition) is 0. The first-order chi connectivity index (χ1) is 15.0. The van der Waals surface area contributed by atoms with Crippen LogP contribution in [0.5, 0.6) is 0 Å². The summed E-state index contributed by atoms with van der Waals surface area (Å²) in [5.74, 6) is -0.304. The molecule has 0 amide bonds. The average molecular weight is 447 g/mol. The summed E-state index contributed by atoms with van der Waals surface area (Å²) in [7, 11) is 1.85. The standard InChI is InChI=1S/C23H18N4O2S2/c1-3-12-27-21(29)15-8-4-5-9-17(15)25-23(27)30-14-19(28)16(13-24)22-26(2)18-10-6-7-11-20(18)31-22/h3-11H,1,12,14H2,2H3. The second-order valence-corrected chi connectivity index (χ2v) is 8.72. The van der Waals surface area contributed by atoms with Crippen molar-refractivity contribution < 1.29 is 4.79 Å². The molecule has 0 aliphatic carbocycles. The van der Waals surface area contributed by atoms with Crippen LogP contribution < -0.4 is 10.5 Å². The van der Waals surface area contributed by atoms with Crippen molar-refractivity contribution in [1.29, 1.82) is 5.26 Å². The molecular formula is C23H18N4O2S2. The van der Waals surface area contributed by atoms with Crippen LogP contribution in [0, 0.1) is 11.3 Å². The molecule has 2 aromatic carbocycles. The van der Waals surface area contributed by atoms with Gasteiger partial charge in [0.15, 0.2) is 10.9 Å². The fraction of sp³-hybridized carbons (Fsp3) is 0.130. The molecular weight excluding hydrogens is 428 g/mol. The lowest BCUT2D eigenvalue weighted by atomic mass is 10.2. The summed E-state index contributed by atoms with van der Waals surface area (Å²) in [6, 6.07) is 16.9. The number of nitriles is 1. The minimum atomic E-state index is -0.304. The molecule has 3 aromatic rings. The summed E-state index contributed by atoms with van der Waals surface area (Å²) in [4.78, 5) is 33.3. The zero-order valence-corrected chi connectivity index (χ0v) is 18.4. The minimum Gasteiger partial charge on any atom is -0.337 e. The maximum atomic E-state index is 13.0. The smallest absolute Gasteiger partial charge is 0.262 e. The minimum absolute atomic E-state index is 0.000931. The number of Topliss-reactive ketones (excluding diaryl/α,β-unsaturated/α-hetero) is 1. The molecule has 2 heterocycles. The summed E-state index contributed by atoms with van der Waals surface area (Å²) in [6.07, 6.45) is 1.62. The first-order valence-electron chi connectivity index (χ1n) is 9.46. The Bertz CT molecular complexity index is 1340. The molecule has 4 rings (SSSR count). The molecule has 0 radical (unpaired) electrons. The van der Waals surface area contributed by atoms with Crippen molar-refractivity contribution in [3.05, 3.63) is 82.1 Å². The topological polar surface area (TPSA) is 79.0 Å². The van der Waals surface area contributed by atoms with E-state index in [1.54, 1.807) is 24.3 Å². The van der Waals surface area contributed by atoms with Crippen molar-refractivity contribution in [2.45, 2.75) is 16.6 Å². The van der Waals surface area contributed by atoms with E-state index in [9.17, 15) is 14.9 Å². The van der Waals surface area contributed by atoms with Gasteiger partial charge in [0.25, 0.3) is 5.56 Å². The van der Waals surface area contributed by atoms with E-state index >= 15 is 0 Å². The lowest BCUT2D eigenvalue weighted by molar-refractivity contribution is -0.112. The number of thioether (sulfide) groups is 2. The molecule has 1 aliphatic heterocycles. The fourth-order valence-corrected chi connectivity index (χ4v) is 5.34. The number of ketones is 1. The van der Waals surface area contributed by atoms with E-state index in [-0.39, 0.29) is 29.2 Å². The first-order valence-corrected chi connectivity index (χ1v) is 11.3. The Kier molecular flexibility index (Phi) is 5.98. The van der Waals surface area contributed by atoms with Gasteiger partial charge in [-0.1, -0.05) is 53.9 Å². The Morgan fingerprint density at radius 1 is 1.26 bits per heavy atom. The van der Waals surface area contributed by atoms with Gasteiger partial charge in [-0.25, -0.2) is 4.98 Å². The Morgan fingerprint density at radius 2 is 2.00 bits per heavy atom. The number of hydrogen-bond acceptors (Lipinski definition) is 7. The third kappa shape index (κ3) is 3.90. The number of carbonyl (C=O) groups is 1. The maximum Gasteiger partial charge on any atom is 0.262 e. The molecule has 154 valence electrons. The van der Waals surface area contributed by atoms with Gasteiger partial charge in [0, 0.05) is 18.5 Å². The van der Waals surface area contributed by atoms with Gasteiger partial charge in [0.2, 0.25) is 0 Å². The highest BCUT2D eigenvalue weighted by Crippen LogP contribution is 2.46. The van der Waals surface area contributed by atoms with E-state index in [2.05, 4.69) is 17.6 Å². The predicted molar refractivity (Wildman–Crippen MR) is 125 cm³/mol. The van der Waals surface area contributed by atoms with Crippen molar-refractivity contribution in [2.75, 3.05) is 17.7 Å². The van der Waals surface area contributed by atoms with Crippen molar-refractivity contribution >= 4 is 45.9 Å². The van der Waals surface area contributed by atoms with E-state index in [4.69, 9.17) is 0 Å². The maximum absolute atomic E-state index is 13.0. The van der Waals surface area contributed by atoms with E-state index in [1.165, 1.54) is 16.3 Å². The zero-order valence-electron chi connectivity index (χ0n) is 16.7. The third-order valence-corrected chi connectivity index (χ3v) is 7.03. The highest BCUT2D eigenvalue weighted by molar-refractivity contribution is 8.03. The average Bonchev–Trinajstić information content (AvgIpc) is 3.11. The second-order valence-electron chi connectivity index (χ2n) is 6.75. The van der Waals surface area contributed by atoms with Gasteiger partial charge in [0.1, 0.15) is 16.7 Å². The third-order valence-electron chi connectivity index (χ3n) is 4.81. The number of para-hydroxylation sites is 2. The number of nitrogens with zero attached hydrogens (tertiary/aromatic N) is 4. The molecule has 0 fully saturated rings. The van der Waals surface area contributed by atoms with Crippen LogP contribution in [0.25, 0.3) is 10.9 Å². The van der Waals surface area contributed by atoms with Crippen LogP contribution in [0.4, 0.5) is 5.69 Å². The van der Waals surface area contributed by atoms with Crippen LogP contribution in [0.3, 0.4) is 0 Å². The lowest BCUT2D eigenvalue weighted by Gasteiger charge is -2.15. The molecule has 1 aromatic heterocycles. The molecule has 0 bridgehead atoms. The largest absolute Gasteiger partial charge is 0.337 e. The molecule has 0 N–H and O–H groups in total. The van der Waals surface area contributed by atoms with E-state index < -0.39 is 0 Å². The summed E-state index contributed by atoms with van der Waals surface area (Å²) in [5.41, 5.74) is 1.46. The van der Waals surface area contributed by atoms with Gasteiger partial charge in [0.05, 0.1) is 22.3 Å². The van der Waals surface area contributed by atoms with Gasteiger partial charge in [-0.2, -0.15) is 5.26 Å². The van der Waals surface area contributed by atoms with Crippen molar-refractivity contribution in [2.24, 2.45) is 0 Å². The zero-order chi connectivity index (χ0) is 22.0. The van der Waals surface area contributed by atoms with Crippen LogP contribution in [0.1, 0.15) is 0 Å². The van der Waals surface area contributed by atoms with Crippen molar-refractivity contribution in [1.82, 2.24) is 9.55 Å². The van der Waals surface area contributed by atoms with Crippen molar-refractivity contribution in [3.63, 3.8) is 0 Å². The number of carbonyl (C=O) groups excluding carboxylic acids is 1. The first kappa shape index (κ1) is 21.0. The number of aromatic nitrogens is 2. The lowest BCUT2D eigenvalue weighted by Crippen LogP contribution is -2.23. The number of benzene rings is 2. The van der Waals surface area contributed by atoms with E-state index in [1.807, 2.05) is 42.3 Å². The van der Waals surface area contributed by atoms with Gasteiger partial charge < -0.3 is 4.90 Å².